The number of rotatable bonds is 18. The van der Waals surface area contributed by atoms with Crippen LogP contribution in [-0.2, 0) is 42.4 Å². The molecule has 1 aliphatic rings. The SMILES string of the molecule is COC(=O)C(CC(C)C)NP(=O)(NC(CC(C)C)C(=O)OC)OC[C@@H](OC(C)n1cnc2c(OC)nc(N)nc21)C1OC(=O)OC1C. The third-order valence-electron chi connectivity index (χ3n) is 7.16. The minimum absolute atomic E-state index is 0.0126. The van der Waals surface area contributed by atoms with E-state index >= 15 is 0 Å². The van der Waals surface area contributed by atoms with E-state index in [4.69, 9.17) is 38.7 Å². The molecule has 0 radical (unpaired) electrons. The number of carbonyl (C=O) groups excluding carboxylic acids is 3. The van der Waals surface area contributed by atoms with Crippen LogP contribution < -0.4 is 20.6 Å². The first kappa shape index (κ1) is 37.9. The van der Waals surface area contributed by atoms with Crippen molar-refractivity contribution < 1.29 is 51.9 Å². The van der Waals surface area contributed by atoms with Gasteiger partial charge in [0, 0.05) is 0 Å². The quantitative estimate of drug-likeness (QED) is 0.116. The second kappa shape index (κ2) is 16.5. The molecule has 0 aromatic carbocycles. The number of fused-ring (bicyclic) bond motifs is 1. The number of ether oxygens (including phenoxy) is 6. The van der Waals surface area contributed by atoms with E-state index in [9.17, 15) is 18.9 Å². The number of nitrogen functional groups attached to an aromatic ring is 1. The third kappa shape index (κ3) is 9.96. The monoisotopic (exact) mass is 687 g/mol. The lowest BCUT2D eigenvalue weighted by atomic mass is 10.1. The van der Waals surface area contributed by atoms with Crippen molar-refractivity contribution in [3.63, 3.8) is 0 Å². The minimum atomic E-state index is -4.30. The normalized spacial score (nSPS) is 20.3. The first-order valence-corrected chi connectivity index (χ1v) is 16.8. The first-order valence-electron chi connectivity index (χ1n) is 15.1. The maximum atomic E-state index is 14.6. The van der Waals surface area contributed by atoms with Gasteiger partial charge in [0.2, 0.25) is 11.8 Å². The van der Waals surface area contributed by atoms with Crippen molar-refractivity contribution in [2.75, 3.05) is 33.7 Å². The number of hydrogen-bond acceptors (Lipinski definition) is 15. The topological polar surface area (TPSA) is 227 Å². The van der Waals surface area contributed by atoms with Crippen LogP contribution >= 0.6 is 7.67 Å². The molecule has 6 atom stereocenters. The zero-order valence-corrected chi connectivity index (χ0v) is 29.0. The summed E-state index contributed by atoms with van der Waals surface area (Å²) in [6, 6.07) is -2.14. The summed E-state index contributed by atoms with van der Waals surface area (Å²) >= 11 is 0. The summed E-state index contributed by atoms with van der Waals surface area (Å²) in [5, 5.41) is 5.54. The predicted octanol–water partition coefficient (Wildman–Crippen LogP) is 2.72. The van der Waals surface area contributed by atoms with Crippen LogP contribution in [0, 0.1) is 11.8 Å². The zero-order chi connectivity index (χ0) is 35.1. The number of methoxy groups -OCH3 is 3. The number of imidazole rings is 1. The molecule has 0 bridgehead atoms. The molecule has 1 saturated heterocycles. The van der Waals surface area contributed by atoms with Gasteiger partial charge in [-0.3, -0.25) is 18.7 Å². The maximum Gasteiger partial charge on any atom is 0.509 e. The summed E-state index contributed by atoms with van der Waals surface area (Å²) in [5.74, 6) is -1.29. The molecule has 0 aliphatic carbocycles. The van der Waals surface area contributed by atoms with E-state index in [0.717, 1.165) is 0 Å². The Balaban J connectivity index is 1.98. The Labute approximate surface area is 273 Å². The van der Waals surface area contributed by atoms with Gasteiger partial charge in [-0.1, -0.05) is 27.7 Å². The smallest absolute Gasteiger partial charge is 0.479 e. The molecule has 19 heteroatoms. The molecule has 1 fully saturated rings. The molecule has 3 rings (SSSR count). The number of anilines is 1. The standard InChI is InChI=1S/C28H46N7O11P/c1-14(2)10-18(25(36)41-8)33-47(39,34-19(11-15(3)4)26(37)42-9)43-12-20(22-16(5)44-28(38)46-22)45-17(6)35-13-30-21-23(35)31-27(29)32-24(21)40-7/h13-20,22H,10-12H2,1-9H3,(H2,29,31,32)(H2,33,34,39)/t16?,17?,18?,19?,20-,22?,47?/m1/s1. The summed E-state index contributed by atoms with van der Waals surface area (Å²) in [6.07, 6.45) is -2.75. The van der Waals surface area contributed by atoms with Crippen molar-refractivity contribution in [1.29, 1.82) is 0 Å². The number of hydrogen-bond donors (Lipinski definition) is 3. The summed E-state index contributed by atoms with van der Waals surface area (Å²) in [5.41, 5.74) is 6.49. The van der Waals surface area contributed by atoms with Crippen LogP contribution in [0.4, 0.5) is 10.7 Å². The van der Waals surface area contributed by atoms with Crippen molar-refractivity contribution in [2.45, 2.75) is 91.0 Å². The number of cyclic esters (lactones) is 2. The molecule has 2 aromatic rings. The molecule has 3 heterocycles. The lowest BCUT2D eigenvalue weighted by Crippen LogP contribution is -2.46. The van der Waals surface area contributed by atoms with Crippen LogP contribution in [0.3, 0.4) is 0 Å². The fourth-order valence-electron chi connectivity index (χ4n) is 5.01. The molecular weight excluding hydrogens is 641 g/mol. The number of carbonyl (C=O) groups is 3. The first-order chi connectivity index (χ1) is 22.1. The maximum absolute atomic E-state index is 14.6. The summed E-state index contributed by atoms with van der Waals surface area (Å²) < 4.78 is 54.3. The molecule has 0 amide bonds. The van der Waals surface area contributed by atoms with E-state index in [0.29, 0.717) is 11.2 Å². The van der Waals surface area contributed by atoms with Crippen LogP contribution in [0.5, 0.6) is 5.88 Å². The van der Waals surface area contributed by atoms with E-state index in [1.54, 1.807) is 18.4 Å². The number of nitrogens with zero attached hydrogens (tertiary/aromatic N) is 4. The highest BCUT2D eigenvalue weighted by Crippen LogP contribution is 2.42. The van der Waals surface area contributed by atoms with Gasteiger partial charge >= 0.3 is 25.8 Å². The second-order valence-electron chi connectivity index (χ2n) is 11.9. The fraction of sp³-hybridized carbons (Fsp3) is 0.714. The van der Waals surface area contributed by atoms with Gasteiger partial charge in [-0.2, -0.15) is 9.97 Å². The summed E-state index contributed by atoms with van der Waals surface area (Å²) in [6.45, 7) is 10.3. The molecule has 1 aliphatic heterocycles. The highest BCUT2D eigenvalue weighted by atomic mass is 31.2. The molecule has 4 N–H and O–H groups in total. The molecule has 5 unspecified atom stereocenters. The van der Waals surface area contributed by atoms with Crippen LogP contribution in [0.15, 0.2) is 6.33 Å². The largest absolute Gasteiger partial charge is 0.509 e. The molecule has 18 nitrogen and oxygen atoms in total. The zero-order valence-electron chi connectivity index (χ0n) is 28.1. The van der Waals surface area contributed by atoms with Crippen LogP contribution in [0.25, 0.3) is 11.2 Å². The van der Waals surface area contributed by atoms with Crippen molar-refractivity contribution in [3.05, 3.63) is 6.33 Å². The van der Waals surface area contributed by atoms with Crippen molar-refractivity contribution in [2.24, 2.45) is 11.8 Å². The average Bonchev–Trinajstić information content (AvgIpc) is 3.58. The van der Waals surface area contributed by atoms with Gasteiger partial charge in [0.15, 0.2) is 17.3 Å². The Bertz CT molecular complexity index is 1400. The Morgan fingerprint density at radius 1 is 1.00 bits per heavy atom. The van der Waals surface area contributed by atoms with Gasteiger partial charge in [-0.15, -0.1) is 0 Å². The van der Waals surface area contributed by atoms with Gasteiger partial charge < -0.3 is 38.7 Å². The van der Waals surface area contributed by atoms with Gasteiger partial charge in [0.25, 0.3) is 0 Å². The van der Waals surface area contributed by atoms with Crippen LogP contribution in [-0.4, -0.2) is 95.9 Å². The fourth-order valence-corrected chi connectivity index (χ4v) is 6.83. The lowest BCUT2D eigenvalue weighted by Gasteiger charge is -2.32. The molecule has 264 valence electrons. The van der Waals surface area contributed by atoms with Crippen LogP contribution in [0.2, 0.25) is 0 Å². The van der Waals surface area contributed by atoms with Crippen molar-refractivity contribution in [3.8, 4) is 5.88 Å². The van der Waals surface area contributed by atoms with Crippen molar-refractivity contribution in [1.82, 2.24) is 29.7 Å². The van der Waals surface area contributed by atoms with Gasteiger partial charge in [-0.25, -0.2) is 20.0 Å². The van der Waals surface area contributed by atoms with E-state index < -0.39 is 69.0 Å². The van der Waals surface area contributed by atoms with Crippen LogP contribution in [0.1, 0.15) is 60.6 Å². The third-order valence-corrected chi connectivity index (χ3v) is 8.98. The minimum Gasteiger partial charge on any atom is -0.479 e. The van der Waals surface area contributed by atoms with Gasteiger partial charge in [-0.05, 0) is 38.5 Å². The number of esters is 2. The van der Waals surface area contributed by atoms with Gasteiger partial charge in [0.05, 0.1) is 34.3 Å². The van der Waals surface area contributed by atoms with E-state index in [1.807, 2.05) is 27.7 Å². The molecule has 0 saturated carbocycles. The Morgan fingerprint density at radius 2 is 1.57 bits per heavy atom. The van der Waals surface area contributed by atoms with Gasteiger partial charge in [0.1, 0.15) is 30.5 Å². The van der Waals surface area contributed by atoms with E-state index in [1.165, 1.54) is 27.7 Å². The number of nitrogens with one attached hydrogen (secondary N) is 2. The second-order valence-corrected chi connectivity index (χ2v) is 13.7. The lowest BCUT2D eigenvalue weighted by molar-refractivity contribution is -0.143. The Morgan fingerprint density at radius 3 is 2.04 bits per heavy atom. The summed E-state index contributed by atoms with van der Waals surface area (Å²) in [7, 11) is -0.465. The Hall–Kier alpha value is -3.57. The predicted molar refractivity (Wildman–Crippen MR) is 167 cm³/mol. The molecule has 0 spiro atoms. The summed E-state index contributed by atoms with van der Waals surface area (Å²) in [4.78, 5) is 50.2. The Kier molecular flexibility index (Phi) is 13.3. The number of nitrogens with two attached hydrogens (primary N) is 1. The molecular formula is C28H46N7O11P. The molecule has 47 heavy (non-hydrogen) atoms. The highest BCUT2D eigenvalue weighted by molar-refractivity contribution is 7.54. The molecule has 2 aromatic heterocycles. The average molecular weight is 688 g/mol. The highest BCUT2D eigenvalue weighted by Gasteiger charge is 2.44. The number of aromatic nitrogens is 4. The van der Waals surface area contributed by atoms with Crippen molar-refractivity contribution >= 4 is 42.9 Å². The van der Waals surface area contributed by atoms with E-state index in [-0.39, 0.29) is 36.5 Å². The van der Waals surface area contributed by atoms with E-state index in [2.05, 4.69) is 25.1 Å².